The molecule has 2 heterocycles. The Kier molecular flexibility index (Phi) is 2.72. The SMILES string of the molecule is O=C(Nc1[c]c2cc[nH]c2nc1)c1cccc(F)c1. The molecule has 0 spiro atoms. The molecule has 3 aromatic rings. The highest BCUT2D eigenvalue weighted by Gasteiger charge is 2.08. The highest BCUT2D eigenvalue weighted by Crippen LogP contribution is 2.15. The van der Waals surface area contributed by atoms with E-state index in [1.807, 2.05) is 0 Å². The standard InChI is InChI=1S/C14H9FN3O/c15-11-3-1-2-10(6-11)14(19)18-12-7-9-4-5-16-13(9)17-8-12/h1-6,8H,(H,16,17)(H,18,19). The number of halogens is 1. The number of amides is 1. The molecule has 0 aliphatic carbocycles. The van der Waals surface area contributed by atoms with E-state index in [1.54, 1.807) is 18.3 Å². The minimum absolute atomic E-state index is 0.252. The van der Waals surface area contributed by atoms with E-state index in [1.165, 1.54) is 24.4 Å². The molecule has 5 heteroatoms. The van der Waals surface area contributed by atoms with Crippen LogP contribution in [-0.4, -0.2) is 15.9 Å². The van der Waals surface area contributed by atoms with Crippen LogP contribution in [0, 0.1) is 11.9 Å². The van der Waals surface area contributed by atoms with Crippen molar-refractivity contribution in [1.82, 2.24) is 9.97 Å². The van der Waals surface area contributed by atoms with Gasteiger partial charge in [-0.2, -0.15) is 0 Å². The molecule has 19 heavy (non-hydrogen) atoms. The number of benzene rings is 1. The summed E-state index contributed by atoms with van der Waals surface area (Å²) in [4.78, 5) is 19.0. The van der Waals surface area contributed by atoms with Crippen LogP contribution in [0.1, 0.15) is 10.4 Å². The van der Waals surface area contributed by atoms with Crippen molar-refractivity contribution in [2.24, 2.45) is 0 Å². The Morgan fingerprint density at radius 1 is 1.37 bits per heavy atom. The predicted molar refractivity (Wildman–Crippen MR) is 69.3 cm³/mol. The Hall–Kier alpha value is -2.69. The zero-order valence-corrected chi connectivity index (χ0v) is 9.77. The maximum atomic E-state index is 13.0. The fourth-order valence-corrected chi connectivity index (χ4v) is 1.76. The summed E-state index contributed by atoms with van der Waals surface area (Å²) in [5, 5.41) is 3.40. The zero-order valence-electron chi connectivity index (χ0n) is 9.77. The van der Waals surface area contributed by atoms with Gasteiger partial charge < -0.3 is 10.3 Å². The van der Waals surface area contributed by atoms with Crippen LogP contribution in [0.4, 0.5) is 10.1 Å². The number of H-pyrrole nitrogens is 1. The molecule has 93 valence electrons. The molecule has 0 fully saturated rings. The second kappa shape index (κ2) is 4.53. The van der Waals surface area contributed by atoms with Crippen molar-refractivity contribution >= 4 is 22.6 Å². The quantitative estimate of drug-likeness (QED) is 0.738. The lowest BCUT2D eigenvalue weighted by Gasteiger charge is -2.04. The number of aromatic amines is 1. The van der Waals surface area contributed by atoms with Crippen LogP contribution in [0.5, 0.6) is 0 Å². The van der Waals surface area contributed by atoms with E-state index in [9.17, 15) is 9.18 Å². The lowest BCUT2D eigenvalue weighted by atomic mass is 10.2. The van der Waals surface area contributed by atoms with Crippen LogP contribution in [0.3, 0.4) is 0 Å². The van der Waals surface area contributed by atoms with Crippen LogP contribution >= 0.6 is 0 Å². The lowest BCUT2D eigenvalue weighted by Crippen LogP contribution is -2.12. The Labute approximate surface area is 108 Å². The minimum Gasteiger partial charge on any atom is -0.346 e. The highest BCUT2D eigenvalue weighted by atomic mass is 19.1. The van der Waals surface area contributed by atoms with E-state index in [-0.39, 0.29) is 5.56 Å². The molecule has 1 radical (unpaired) electrons. The summed E-state index contributed by atoms with van der Waals surface area (Å²) in [6, 6.07) is 10.3. The molecular formula is C14H9FN3O. The van der Waals surface area contributed by atoms with Gasteiger partial charge in [-0.3, -0.25) is 4.79 Å². The second-order valence-corrected chi connectivity index (χ2v) is 4.00. The molecule has 0 bridgehead atoms. The van der Waals surface area contributed by atoms with E-state index >= 15 is 0 Å². The van der Waals surface area contributed by atoms with Gasteiger partial charge in [0.2, 0.25) is 0 Å². The predicted octanol–water partition coefficient (Wildman–Crippen LogP) is 2.75. The average molecular weight is 254 g/mol. The smallest absolute Gasteiger partial charge is 0.255 e. The zero-order chi connectivity index (χ0) is 13.2. The highest BCUT2D eigenvalue weighted by molar-refractivity contribution is 6.04. The van der Waals surface area contributed by atoms with Gasteiger partial charge >= 0.3 is 0 Å². The molecule has 4 nitrogen and oxygen atoms in total. The fraction of sp³-hybridized carbons (Fsp3) is 0. The number of anilines is 1. The van der Waals surface area contributed by atoms with E-state index in [0.29, 0.717) is 11.3 Å². The van der Waals surface area contributed by atoms with Gasteiger partial charge in [-0.25, -0.2) is 9.37 Å². The molecule has 0 atom stereocenters. The average Bonchev–Trinajstić information content (AvgIpc) is 2.86. The molecule has 0 aliphatic rings. The largest absolute Gasteiger partial charge is 0.346 e. The minimum atomic E-state index is -0.448. The van der Waals surface area contributed by atoms with Crippen molar-refractivity contribution < 1.29 is 9.18 Å². The monoisotopic (exact) mass is 254 g/mol. The summed E-state index contributed by atoms with van der Waals surface area (Å²) in [5.74, 6) is -0.844. The molecule has 1 aromatic carbocycles. The Morgan fingerprint density at radius 2 is 2.26 bits per heavy atom. The number of carbonyl (C=O) groups excluding carboxylic acids is 1. The first-order chi connectivity index (χ1) is 9.22. The van der Waals surface area contributed by atoms with Crippen molar-refractivity contribution in [3.63, 3.8) is 0 Å². The molecule has 0 unspecified atom stereocenters. The first kappa shape index (κ1) is 11.4. The van der Waals surface area contributed by atoms with Gasteiger partial charge in [0.05, 0.1) is 11.9 Å². The number of nitrogens with one attached hydrogen (secondary N) is 2. The summed E-state index contributed by atoms with van der Waals surface area (Å²) < 4.78 is 13.0. The molecule has 0 aliphatic heterocycles. The topological polar surface area (TPSA) is 57.8 Å². The Bertz CT molecular complexity index is 751. The molecule has 1 amide bonds. The molecule has 2 aromatic heterocycles. The molecular weight excluding hydrogens is 245 g/mol. The normalized spacial score (nSPS) is 10.6. The first-order valence-corrected chi connectivity index (χ1v) is 5.65. The van der Waals surface area contributed by atoms with Crippen LogP contribution in [0.15, 0.2) is 42.7 Å². The van der Waals surface area contributed by atoms with Gasteiger partial charge in [0, 0.05) is 23.2 Å². The summed E-state index contributed by atoms with van der Waals surface area (Å²) in [5.41, 5.74) is 1.40. The van der Waals surface area contributed by atoms with Gasteiger partial charge in [0.15, 0.2) is 0 Å². The molecule has 0 saturated heterocycles. The first-order valence-electron chi connectivity index (χ1n) is 5.65. The number of nitrogens with zero attached hydrogens (tertiary/aromatic N) is 1. The van der Waals surface area contributed by atoms with E-state index in [4.69, 9.17) is 0 Å². The number of carbonyl (C=O) groups is 1. The maximum Gasteiger partial charge on any atom is 0.255 e. The second-order valence-electron chi connectivity index (χ2n) is 4.00. The molecule has 3 rings (SSSR count). The van der Waals surface area contributed by atoms with E-state index in [0.717, 1.165) is 5.39 Å². The van der Waals surface area contributed by atoms with E-state index < -0.39 is 11.7 Å². The summed E-state index contributed by atoms with van der Waals surface area (Å²) in [6.07, 6.45) is 3.24. The third-order valence-electron chi connectivity index (χ3n) is 2.65. The third-order valence-corrected chi connectivity index (χ3v) is 2.65. The van der Waals surface area contributed by atoms with Gasteiger partial charge in [-0.05, 0) is 24.3 Å². The van der Waals surface area contributed by atoms with Crippen LogP contribution in [0.25, 0.3) is 11.0 Å². The Morgan fingerprint density at radius 3 is 3.11 bits per heavy atom. The van der Waals surface area contributed by atoms with Crippen molar-refractivity contribution in [2.75, 3.05) is 5.32 Å². The van der Waals surface area contributed by atoms with Crippen LogP contribution in [0.2, 0.25) is 0 Å². The Balaban J connectivity index is 1.86. The number of fused-ring (bicyclic) bond motifs is 1. The third kappa shape index (κ3) is 2.30. The number of rotatable bonds is 2. The van der Waals surface area contributed by atoms with E-state index in [2.05, 4.69) is 21.4 Å². The molecule has 0 saturated carbocycles. The van der Waals surface area contributed by atoms with Gasteiger partial charge in [0.25, 0.3) is 5.91 Å². The van der Waals surface area contributed by atoms with Crippen molar-refractivity contribution in [2.45, 2.75) is 0 Å². The van der Waals surface area contributed by atoms with Crippen LogP contribution < -0.4 is 5.32 Å². The number of pyridine rings is 1. The summed E-state index contributed by atoms with van der Waals surface area (Å²) in [6.45, 7) is 0. The van der Waals surface area contributed by atoms with Crippen molar-refractivity contribution in [3.05, 3.63) is 60.2 Å². The number of hydrogen-bond donors (Lipinski definition) is 2. The summed E-state index contributed by atoms with van der Waals surface area (Å²) >= 11 is 0. The number of aromatic nitrogens is 2. The number of hydrogen-bond acceptors (Lipinski definition) is 2. The lowest BCUT2D eigenvalue weighted by molar-refractivity contribution is 0.102. The van der Waals surface area contributed by atoms with Gasteiger partial charge in [-0.15, -0.1) is 0 Å². The van der Waals surface area contributed by atoms with Gasteiger partial charge in [0.1, 0.15) is 11.5 Å². The fourth-order valence-electron chi connectivity index (χ4n) is 1.76. The van der Waals surface area contributed by atoms with Crippen molar-refractivity contribution in [1.29, 1.82) is 0 Å². The van der Waals surface area contributed by atoms with Crippen molar-refractivity contribution in [3.8, 4) is 0 Å². The summed E-state index contributed by atoms with van der Waals surface area (Å²) in [7, 11) is 0. The van der Waals surface area contributed by atoms with Crippen LogP contribution in [-0.2, 0) is 0 Å². The maximum absolute atomic E-state index is 13.0. The molecule has 2 N–H and O–H groups in total. The van der Waals surface area contributed by atoms with Gasteiger partial charge in [-0.1, -0.05) is 6.07 Å².